The Labute approximate surface area is 113 Å². The Balaban J connectivity index is 1.83. The number of fused-ring (bicyclic) bond motifs is 1. The second-order valence-electron chi connectivity index (χ2n) is 3.70. The number of rotatable bonds is 3. The van der Waals surface area contributed by atoms with E-state index in [0.717, 1.165) is 32.5 Å². The molecule has 18 heavy (non-hydrogen) atoms. The number of hydrogen-bond donors (Lipinski definition) is 1. The third-order valence-corrected chi connectivity index (χ3v) is 3.73. The van der Waals surface area contributed by atoms with E-state index < -0.39 is 0 Å². The van der Waals surface area contributed by atoms with Crippen molar-refractivity contribution in [2.75, 3.05) is 0 Å². The summed E-state index contributed by atoms with van der Waals surface area (Å²) in [7, 11) is 0. The van der Waals surface area contributed by atoms with Crippen molar-refractivity contribution in [3.63, 3.8) is 0 Å². The van der Waals surface area contributed by atoms with Crippen LogP contribution in [0, 0.1) is 0 Å². The number of benzene rings is 1. The highest BCUT2D eigenvalue weighted by Crippen LogP contribution is 2.26. The Hall–Kier alpha value is -1.59. The summed E-state index contributed by atoms with van der Waals surface area (Å²) in [5, 5.41) is 1.63. The molecule has 0 aliphatic carbocycles. The molecule has 6 heteroatoms. The Morgan fingerprint density at radius 3 is 3.06 bits per heavy atom. The van der Waals surface area contributed by atoms with Crippen LogP contribution >= 0.6 is 23.4 Å². The smallest absolute Gasteiger partial charge is 0.161 e. The molecule has 0 unspecified atom stereocenters. The van der Waals surface area contributed by atoms with Crippen LogP contribution in [0.25, 0.3) is 11.2 Å². The van der Waals surface area contributed by atoms with Crippen LogP contribution in [0.4, 0.5) is 0 Å². The lowest BCUT2D eigenvalue weighted by Gasteiger charge is -2.02. The van der Waals surface area contributed by atoms with Crippen molar-refractivity contribution in [2.45, 2.75) is 10.8 Å². The molecule has 0 fully saturated rings. The van der Waals surface area contributed by atoms with Crippen molar-refractivity contribution < 1.29 is 0 Å². The first-order valence-corrected chi connectivity index (χ1v) is 6.70. The number of aromatic nitrogens is 4. The number of thioether (sulfide) groups is 1. The van der Waals surface area contributed by atoms with Gasteiger partial charge in [-0.25, -0.2) is 15.0 Å². The largest absolute Gasteiger partial charge is 0.329 e. The fourth-order valence-electron chi connectivity index (χ4n) is 1.63. The number of nitrogens with one attached hydrogen (secondary N) is 1. The fourth-order valence-corrected chi connectivity index (χ4v) is 2.73. The van der Waals surface area contributed by atoms with Crippen LogP contribution in [0.1, 0.15) is 5.56 Å². The maximum Gasteiger partial charge on any atom is 0.161 e. The van der Waals surface area contributed by atoms with Crippen LogP contribution < -0.4 is 0 Å². The van der Waals surface area contributed by atoms with Gasteiger partial charge in [0.05, 0.1) is 6.33 Å². The standard InChI is InChI=1S/C12H9ClN4S/c13-9-3-1-2-8(4-9)5-18-12-10-11(15-6-14-10)16-7-17-12/h1-4,6-7H,5H2,(H,14,15,16,17). The molecule has 0 bridgehead atoms. The topological polar surface area (TPSA) is 54.5 Å². The molecule has 3 aromatic rings. The summed E-state index contributed by atoms with van der Waals surface area (Å²) >= 11 is 7.58. The summed E-state index contributed by atoms with van der Waals surface area (Å²) in [6.07, 6.45) is 3.17. The van der Waals surface area contributed by atoms with Crippen LogP contribution in [0.3, 0.4) is 0 Å². The molecule has 1 aromatic carbocycles. The minimum Gasteiger partial charge on any atom is -0.329 e. The second kappa shape index (κ2) is 4.96. The molecule has 0 atom stereocenters. The first-order valence-electron chi connectivity index (χ1n) is 5.34. The van der Waals surface area contributed by atoms with Gasteiger partial charge >= 0.3 is 0 Å². The average Bonchev–Trinajstić information content (AvgIpc) is 2.85. The number of H-pyrrole nitrogens is 1. The van der Waals surface area contributed by atoms with E-state index in [-0.39, 0.29) is 0 Å². The van der Waals surface area contributed by atoms with E-state index in [4.69, 9.17) is 11.6 Å². The van der Waals surface area contributed by atoms with E-state index in [9.17, 15) is 0 Å². The summed E-state index contributed by atoms with van der Waals surface area (Å²) in [5.41, 5.74) is 2.73. The van der Waals surface area contributed by atoms with Gasteiger partial charge in [0.25, 0.3) is 0 Å². The third-order valence-electron chi connectivity index (χ3n) is 2.45. The zero-order chi connectivity index (χ0) is 12.4. The monoisotopic (exact) mass is 276 g/mol. The summed E-state index contributed by atoms with van der Waals surface area (Å²) < 4.78 is 0. The van der Waals surface area contributed by atoms with Crippen molar-refractivity contribution in [1.82, 2.24) is 19.9 Å². The first kappa shape index (κ1) is 11.5. The van der Waals surface area contributed by atoms with E-state index in [1.807, 2.05) is 24.3 Å². The van der Waals surface area contributed by atoms with Crippen LogP contribution in [-0.2, 0) is 5.75 Å². The van der Waals surface area contributed by atoms with Gasteiger partial charge in [-0.3, -0.25) is 0 Å². The molecule has 2 heterocycles. The molecule has 0 radical (unpaired) electrons. The van der Waals surface area contributed by atoms with Gasteiger partial charge in [-0.2, -0.15) is 0 Å². The third kappa shape index (κ3) is 2.32. The average molecular weight is 277 g/mol. The Morgan fingerprint density at radius 2 is 2.17 bits per heavy atom. The Bertz CT molecular complexity index is 682. The minimum absolute atomic E-state index is 0.751. The zero-order valence-corrected chi connectivity index (χ0v) is 10.9. The van der Waals surface area contributed by atoms with E-state index in [1.165, 1.54) is 0 Å². The highest BCUT2D eigenvalue weighted by atomic mass is 35.5. The molecule has 0 aliphatic heterocycles. The normalized spacial score (nSPS) is 10.9. The lowest BCUT2D eigenvalue weighted by atomic mass is 10.2. The fraction of sp³-hybridized carbons (Fsp3) is 0.0833. The van der Waals surface area contributed by atoms with Gasteiger partial charge < -0.3 is 4.98 Å². The molecule has 0 spiro atoms. The van der Waals surface area contributed by atoms with E-state index in [2.05, 4.69) is 19.9 Å². The van der Waals surface area contributed by atoms with Gasteiger partial charge in [0.2, 0.25) is 0 Å². The van der Waals surface area contributed by atoms with E-state index >= 15 is 0 Å². The van der Waals surface area contributed by atoms with Gasteiger partial charge in [-0.1, -0.05) is 35.5 Å². The summed E-state index contributed by atoms with van der Waals surface area (Å²) in [6.45, 7) is 0. The predicted molar refractivity (Wildman–Crippen MR) is 72.7 cm³/mol. The number of aromatic amines is 1. The summed E-state index contributed by atoms with van der Waals surface area (Å²) in [6, 6.07) is 7.81. The summed E-state index contributed by atoms with van der Waals surface area (Å²) in [4.78, 5) is 15.6. The van der Waals surface area contributed by atoms with Crippen LogP contribution in [-0.4, -0.2) is 19.9 Å². The van der Waals surface area contributed by atoms with Gasteiger partial charge in [0.1, 0.15) is 16.9 Å². The van der Waals surface area contributed by atoms with E-state index in [0.29, 0.717) is 0 Å². The maximum absolute atomic E-state index is 5.95. The SMILES string of the molecule is Clc1cccc(CSc2ncnc3[nH]cnc23)c1. The number of halogens is 1. The lowest BCUT2D eigenvalue weighted by molar-refractivity contribution is 1.08. The molecule has 4 nitrogen and oxygen atoms in total. The second-order valence-corrected chi connectivity index (χ2v) is 5.10. The first-order chi connectivity index (χ1) is 8.83. The van der Waals surface area contributed by atoms with Gasteiger partial charge in [0.15, 0.2) is 5.65 Å². The molecular formula is C12H9ClN4S. The van der Waals surface area contributed by atoms with Gasteiger partial charge in [0, 0.05) is 10.8 Å². The minimum atomic E-state index is 0.751. The molecule has 90 valence electrons. The van der Waals surface area contributed by atoms with Gasteiger partial charge in [-0.05, 0) is 17.7 Å². The quantitative estimate of drug-likeness (QED) is 0.589. The molecule has 1 N–H and O–H groups in total. The molecule has 3 rings (SSSR count). The number of hydrogen-bond acceptors (Lipinski definition) is 4. The Kier molecular flexibility index (Phi) is 3.17. The summed E-state index contributed by atoms with van der Waals surface area (Å²) in [5.74, 6) is 0.805. The lowest BCUT2D eigenvalue weighted by Crippen LogP contribution is -1.87. The molecule has 0 saturated heterocycles. The van der Waals surface area contributed by atoms with Crippen LogP contribution in [0.2, 0.25) is 5.02 Å². The molecule has 0 saturated carbocycles. The van der Waals surface area contributed by atoms with Crippen LogP contribution in [0.5, 0.6) is 0 Å². The Morgan fingerprint density at radius 1 is 1.22 bits per heavy atom. The maximum atomic E-state index is 5.95. The highest BCUT2D eigenvalue weighted by molar-refractivity contribution is 7.98. The van der Waals surface area contributed by atoms with Crippen molar-refractivity contribution in [3.8, 4) is 0 Å². The molecular weight excluding hydrogens is 268 g/mol. The van der Waals surface area contributed by atoms with E-state index in [1.54, 1.807) is 24.4 Å². The highest BCUT2D eigenvalue weighted by Gasteiger charge is 2.06. The van der Waals surface area contributed by atoms with Crippen LogP contribution in [0.15, 0.2) is 41.9 Å². The number of imidazole rings is 1. The van der Waals surface area contributed by atoms with Crippen molar-refractivity contribution in [3.05, 3.63) is 47.5 Å². The van der Waals surface area contributed by atoms with Crippen molar-refractivity contribution >= 4 is 34.5 Å². The molecule has 0 aliphatic rings. The molecule has 0 amide bonds. The predicted octanol–water partition coefficient (Wildman–Crippen LogP) is 3.30. The van der Waals surface area contributed by atoms with Crippen molar-refractivity contribution in [1.29, 1.82) is 0 Å². The molecule has 2 aromatic heterocycles. The van der Waals surface area contributed by atoms with Gasteiger partial charge in [-0.15, -0.1) is 0 Å². The zero-order valence-electron chi connectivity index (χ0n) is 9.30. The number of nitrogens with zero attached hydrogens (tertiary/aromatic N) is 3. The van der Waals surface area contributed by atoms with Crippen molar-refractivity contribution in [2.24, 2.45) is 0 Å².